The van der Waals surface area contributed by atoms with Crippen LogP contribution >= 0.6 is 0 Å². The molecule has 38 heavy (non-hydrogen) atoms. The molecule has 1 aromatic heterocycles. The first-order valence-electron chi connectivity index (χ1n) is 11.9. The van der Waals surface area contributed by atoms with Crippen molar-refractivity contribution >= 4 is 27.3 Å². The number of anilines is 2. The molecule has 204 valence electrons. The third kappa shape index (κ3) is 6.34. The Morgan fingerprint density at radius 2 is 1.71 bits per heavy atom. The minimum Gasteiger partial charge on any atom is -0.493 e. The smallest absolute Gasteiger partial charge is 0.265 e. The van der Waals surface area contributed by atoms with Crippen LogP contribution in [0.5, 0.6) is 11.5 Å². The Labute approximate surface area is 223 Å². The van der Waals surface area contributed by atoms with Crippen LogP contribution in [-0.2, 0) is 21.4 Å². The van der Waals surface area contributed by atoms with Crippen molar-refractivity contribution in [2.75, 3.05) is 50.6 Å². The molecule has 0 fully saturated rings. The number of rotatable bonds is 11. The number of pyridine rings is 1. The zero-order chi connectivity index (χ0) is 28.0. The Hall–Kier alpha value is -3.86. The maximum atomic E-state index is 15.2. The van der Waals surface area contributed by atoms with Gasteiger partial charge in [0.15, 0.2) is 11.5 Å². The van der Waals surface area contributed by atoms with Gasteiger partial charge in [0.1, 0.15) is 12.4 Å². The first-order valence-corrected chi connectivity index (χ1v) is 13.4. The van der Waals surface area contributed by atoms with Crippen molar-refractivity contribution in [1.29, 1.82) is 0 Å². The third-order valence-electron chi connectivity index (χ3n) is 5.97. The minimum absolute atomic E-state index is 0.180. The van der Waals surface area contributed by atoms with Crippen molar-refractivity contribution < 1.29 is 27.1 Å². The summed E-state index contributed by atoms with van der Waals surface area (Å²) in [6.07, 6.45) is 0. The van der Waals surface area contributed by atoms with Gasteiger partial charge in [0.05, 0.1) is 37.0 Å². The molecule has 1 amide bonds. The van der Waals surface area contributed by atoms with Crippen molar-refractivity contribution in [3.05, 3.63) is 71.8 Å². The summed E-state index contributed by atoms with van der Waals surface area (Å²) in [6, 6.07) is 13.7. The van der Waals surface area contributed by atoms with E-state index in [1.807, 2.05) is 19.1 Å². The van der Waals surface area contributed by atoms with Crippen LogP contribution in [0.4, 0.5) is 15.8 Å². The van der Waals surface area contributed by atoms with Crippen LogP contribution in [0.3, 0.4) is 0 Å². The molecule has 3 aromatic rings. The number of methoxy groups -OCH3 is 2. The van der Waals surface area contributed by atoms with Crippen molar-refractivity contribution in [3.8, 4) is 11.5 Å². The molecular formula is C27H33FN4O5S. The summed E-state index contributed by atoms with van der Waals surface area (Å²) < 4.78 is 54.4. The molecule has 0 spiro atoms. The molecule has 0 aliphatic carbocycles. The highest BCUT2D eigenvalue weighted by molar-refractivity contribution is 7.92. The molecule has 0 aliphatic heterocycles. The summed E-state index contributed by atoms with van der Waals surface area (Å²) in [5.41, 5.74) is 1.78. The molecule has 0 atom stereocenters. The van der Waals surface area contributed by atoms with Crippen LogP contribution < -0.4 is 18.7 Å². The van der Waals surface area contributed by atoms with Gasteiger partial charge in [0, 0.05) is 38.1 Å². The Morgan fingerprint density at radius 3 is 2.32 bits per heavy atom. The second kappa shape index (κ2) is 12.1. The molecular weight excluding hydrogens is 511 g/mol. The van der Waals surface area contributed by atoms with E-state index in [4.69, 9.17) is 9.47 Å². The summed E-state index contributed by atoms with van der Waals surface area (Å²) in [6.45, 7) is 3.50. The second-order valence-corrected chi connectivity index (χ2v) is 10.6. The fraction of sp³-hybridized carbons (Fsp3) is 0.333. The molecule has 1 heterocycles. The van der Waals surface area contributed by atoms with E-state index in [0.29, 0.717) is 23.7 Å². The lowest BCUT2D eigenvalue weighted by atomic mass is 10.2. The van der Waals surface area contributed by atoms with Crippen LogP contribution in [0.25, 0.3) is 0 Å². The van der Waals surface area contributed by atoms with Crippen LogP contribution in [0.15, 0.2) is 59.5 Å². The average molecular weight is 545 g/mol. The van der Waals surface area contributed by atoms with Gasteiger partial charge in [0.25, 0.3) is 10.0 Å². The number of aryl methyl sites for hydroxylation is 1. The van der Waals surface area contributed by atoms with Gasteiger partial charge in [-0.15, -0.1) is 0 Å². The van der Waals surface area contributed by atoms with Crippen molar-refractivity contribution in [1.82, 2.24) is 9.88 Å². The lowest BCUT2D eigenvalue weighted by Gasteiger charge is -2.29. The first kappa shape index (κ1) is 28.7. The zero-order valence-electron chi connectivity index (χ0n) is 22.4. The first-order chi connectivity index (χ1) is 18.0. The average Bonchev–Trinajstić information content (AvgIpc) is 2.90. The molecule has 0 N–H and O–H groups in total. The number of ether oxygens (including phenoxy) is 2. The molecule has 2 aromatic carbocycles. The maximum absolute atomic E-state index is 15.2. The Morgan fingerprint density at radius 1 is 1.00 bits per heavy atom. The Kier molecular flexibility index (Phi) is 9.16. The SMILES string of the molecule is CCN(Cc1cccc(C)n1)C(=O)CN(c1cc(N(C)C)ccc1F)S(=O)(=O)c1ccc(OC)c(OC)c1. The molecule has 0 saturated carbocycles. The predicted molar refractivity (Wildman–Crippen MR) is 145 cm³/mol. The molecule has 0 radical (unpaired) electrons. The van der Waals surface area contributed by atoms with Crippen LogP contribution in [-0.4, -0.2) is 65.6 Å². The monoisotopic (exact) mass is 544 g/mol. The normalized spacial score (nSPS) is 11.1. The van der Waals surface area contributed by atoms with Gasteiger partial charge in [-0.1, -0.05) is 6.07 Å². The summed E-state index contributed by atoms with van der Waals surface area (Å²) in [5.74, 6) is -0.772. The maximum Gasteiger partial charge on any atom is 0.265 e. The standard InChI is InChI=1S/C27H33FN4O5S/c1-7-31(17-20-10-8-9-19(2)29-20)27(33)18-32(24-15-21(30(3)4)11-13-23(24)28)38(34,35)22-12-14-25(36-5)26(16-22)37-6/h8-16H,7,17-18H2,1-6H3. The number of sulfonamides is 1. The highest BCUT2D eigenvalue weighted by Gasteiger charge is 2.32. The number of hydrogen-bond donors (Lipinski definition) is 0. The summed E-state index contributed by atoms with van der Waals surface area (Å²) in [4.78, 5) is 20.9. The van der Waals surface area contributed by atoms with E-state index in [0.717, 1.165) is 10.00 Å². The largest absolute Gasteiger partial charge is 0.493 e. The van der Waals surface area contributed by atoms with Crippen molar-refractivity contribution in [3.63, 3.8) is 0 Å². The van der Waals surface area contributed by atoms with E-state index in [-0.39, 0.29) is 22.9 Å². The van der Waals surface area contributed by atoms with Gasteiger partial charge in [-0.2, -0.15) is 0 Å². The van der Waals surface area contributed by atoms with Crippen LogP contribution in [0.1, 0.15) is 18.3 Å². The highest BCUT2D eigenvalue weighted by atomic mass is 32.2. The van der Waals surface area contributed by atoms with E-state index in [1.54, 1.807) is 32.0 Å². The lowest BCUT2D eigenvalue weighted by Crippen LogP contribution is -2.43. The molecule has 0 bridgehead atoms. The van der Waals surface area contributed by atoms with Gasteiger partial charge < -0.3 is 19.3 Å². The number of carbonyl (C=O) groups is 1. The second-order valence-electron chi connectivity index (χ2n) is 8.74. The zero-order valence-corrected chi connectivity index (χ0v) is 23.3. The van der Waals surface area contributed by atoms with Gasteiger partial charge in [-0.25, -0.2) is 12.8 Å². The lowest BCUT2D eigenvalue weighted by molar-refractivity contribution is -0.130. The molecule has 9 nitrogen and oxygen atoms in total. The third-order valence-corrected chi connectivity index (χ3v) is 7.73. The van der Waals surface area contributed by atoms with Gasteiger partial charge in [0.2, 0.25) is 5.91 Å². The number of aromatic nitrogens is 1. The number of likely N-dealkylation sites (N-methyl/N-ethyl adjacent to an activating group) is 1. The van der Waals surface area contributed by atoms with Gasteiger partial charge in [-0.3, -0.25) is 14.1 Å². The molecule has 3 rings (SSSR count). The fourth-order valence-corrected chi connectivity index (χ4v) is 5.29. The summed E-state index contributed by atoms with van der Waals surface area (Å²) in [5, 5.41) is 0. The Bertz CT molecular complexity index is 1400. The number of hydrogen-bond acceptors (Lipinski definition) is 7. The van der Waals surface area contributed by atoms with E-state index in [2.05, 4.69) is 4.98 Å². The number of carbonyl (C=O) groups excluding carboxylic acids is 1. The van der Waals surface area contributed by atoms with Gasteiger partial charge >= 0.3 is 0 Å². The molecule has 0 unspecified atom stereocenters. The minimum atomic E-state index is -4.42. The topological polar surface area (TPSA) is 92.3 Å². The molecule has 0 aliphatic rings. The quantitative estimate of drug-likeness (QED) is 0.362. The number of nitrogens with zero attached hydrogens (tertiary/aromatic N) is 4. The van der Waals surface area contributed by atoms with E-state index in [1.165, 1.54) is 55.5 Å². The van der Waals surface area contributed by atoms with E-state index < -0.39 is 28.3 Å². The fourth-order valence-electron chi connectivity index (χ4n) is 3.86. The number of benzene rings is 2. The summed E-state index contributed by atoms with van der Waals surface area (Å²) in [7, 11) is 1.90. The van der Waals surface area contributed by atoms with Crippen LogP contribution in [0.2, 0.25) is 0 Å². The molecule has 0 saturated heterocycles. The Balaban J connectivity index is 2.09. The number of halogens is 1. The summed E-state index contributed by atoms with van der Waals surface area (Å²) >= 11 is 0. The highest BCUT2D eigenvalue weighted by Crippen LogP contribution is 2.34. The predicted octanol–water partition coefficient (Wildman–Crippen LogP) is 3.86. The number of amides is 1. The van der Waals surface area contributed by atoms with E-state index in [9.17, 15) is 13.2 Å². The van der Waals surface area contributed by atoms with Gasteiger partial charge in [-0.05, 0) is 56.3 Å². The van der Waals surface area contributed by atoms with Crippen molar-refractivity contribution in [2.45, 2.75) is 25.3 Å². The molecule has 11 heteroatoms. The van der Waals surface area contributed by atoms with E-state index >= 15 is 4.39 Å². The van der Waals surface area contributed by atoms with Crippen molar-refractivity contribution in [2.24, 2.45) is 0 Å². The van der Waals surface area contributed by atoms with Crippen LogP contribution in [0, 0.1) is 12.7 Å².